The molecule has 3 rings (SSSR count). The number of amides is 1. The Bertz CT molecular complexity index is 894. The Morgan fingerprint density at radius 2 is 2.04 bits per heavy atom. The van der Waals surface area contributed by atoms with Crippen LogP contribution in [0.2, 0.25) is 5.02 Å². The molecule has 0 fully saturated rings. The molecule has 0 saturated heterocycles. The van der Waals surface area contributed by atoms with E-state index in [9.17, 15) is 13.6 Å². The number of nitrogens with one attached hydrogen (secondary N) is 1. The van der Waals surface area contributed by atoms with Crippen LogP contribution in [0.5, 0.6) is 0 Å². The lowest BCUT2D eigenvalue weighted by atomic mass is 10.1. The number of anilines is 1. The highest BCUT2D eigenvalue weighted by atomic mass is 35.5. The van der Waals surface area contributed by atoms with Crippen LogP contribution in [0.3, 0.4) is 0 Å². The highest BCUT2D eigenvalue weighted by molar-refractivity contribution is 7.11. The van der Waals surface area contributed by atoms with E-state index in [0.717, 1.165) is 16.9 Å². The van der Waals surface area contributed by atoms with E-state index in [2.05, 4.69) is 15.4 Å². The van der Waals surface area contributed by atoms with Crippen molar-refractivity contribution in [1.82, 2.24) is 14.8 Å². The molecule has 0 atom stereocenters. The van der Waals surface area contributed by atoms with Crippen molar-refractivity contribution in [2.45, 2.75) is 19.3 Å². The van der Waals surface area contributed by atoms with Gasteiger partial charge in [0.15, 0.2) is 10.7 Å². The van der Waals surface area contributed by atoms with Crippen LogP contribution in [-0.2, 0) is 19.9 Å². The number of halogens is 3. The van der Waals surface area contributed by atoms with E-state index in [1.54, 1.807) is 24.6 Å². The van der Waals surface area contributed by atoms with E-state index in [0.29, 0.717) is 23.6 Å². The predicted molar refractivity (Wildman–Crippen MR) is 97.1 cm³/mol. The lowest BCUT2D eigenvalue weighted by Gasteiger charge is -2.09. The second-order valence-electron chi connectivity index (χ2n) is 5.55. The second kappa shape index (κ2) is 7.92. The minimum Gasteiger partial charge on any atom is -0.317 e. The molecule has 9 heteroatoms. The summed E-state index contributed by atoms with van der Waals surface area (Å²) >= 11 is 7.01. The van der Waals surface area contributed by atoms with Gasteiger partial charge in [-0.15, -0.1) is 11.3 Å². The van der Waals surface area contributed by atoms with Crippen LogP contribution < -0.4 is 5.32 Å². The summed E-state index contributed by atoms with van der Waals surface area (Å²) in [5, 5.41) is 8.92. The fraction of sp³-hybridized carbons (Fsp3) is 0.235. The molecule has 2 heterocycles. The highest BCUT2D eigenvalue weighted by Crippen LogP contribution is 2.30. The Morgan fingerprint density at radius 1 is 1.31 bits per heavy atom. The normalized spacial score (nSPS) is 11.1. The maximum atomic E-state index is 13.4. The van der Waals surface area contributed by atoms with Crippen molar-refractivity contribution in [2.75, 3.05) is 5.32 Å². The number of hydrogen-bond donors (Lipinski definition) is 1. The summed E-state index contributed by atoms with van der Waals surface area (Å²) in [5.74, 6) is -0.525. The van der Waals surface area contributed by atoms with Crippen LogP contribution in [0, 0.1) is 0 Å². The number of aryl methyl sites for hydroxylation is 2. The van der Waals surface area contributed by atoms with Gasteiger partial charge in [-0.25, -0.2) is 13.8 Å². The Hall–Kier alpha value is -2.32. The van der Waals surface area contributed by atoms with Gasteiger partial charge >= 0.3 is 0 Å². The van der Waals surface area contributed by atoms with Crippen LogP contribution in [-0.4, -0.2) is 20.7 Å². The summed E-state index contributed by atoms with van der Waals surface area (Å²) in [4.78, 5) is 16.2. The van der Waals surface area contributed by atoms with Gasteiger partial charge in [-0.05, 0) is 30.5 Å². The summed E-state index contributed by atoms with van der Waals surface area (Å²) in [6.45, 7) is 0. The minimum atomic E-state index is -2.79. The number of hydrogen-bond acceptors (Lipinski definition) is 4. The highest BCUT2D eigenvalue weighted by Gasteiger charge is 2.25. The zero-order chi connectivity index (χ0) is 18.7. The van der Waals surface area contributed by atoms with Gasteiger partial charge in [-0.1, -0.05) is 23.7 Å². The third kappa shape index (κ3) is 4.08. The number of nitrogens with zero attached hydrogens (tertiary/aromatic N) is 3. The Balaban J connectivity index is 1.86. The number of carbonyl (C=O) groups excluding carboxylic acids is 1. The average molecular weight is 397 g/mol. The largest absolute Gasteiger partial charge is 0.317 e. The first-order chi connectivity index (χ1) is 12.5. The van der Waals surface area contributed by atoms with E-state index in [1.807, 2.05) is 12.1 Å². The van der Waals surface area contributed by atoms with Crippen molar-refractivity contribution in [3.05, 3.63) is 62.8 Å². The number of thiazole rings is 1. The Labute approximate surface area is 157 Å². The molecule has 0 bridgehead atoms. The molecule has 0 unspecified atom stereocenters. The number of aromatic nitrogens is 3. The van der Waals surface area contributed by atoms with Crippen LogP contribution in [0.4, 0.5) is 14.5 Å². The first-order valence-electron chi connectivity index (χ1n) is 7.75. The zero-order valence-corrected chi connectivity index (χ0v) is 15.3. The molecule has 136 valence electrons. The number of rotatable bonds is 6. The van der Waals surface area contributed by atoms with Crippen LogP contribution >= 0.6 is 22.9 Å². The molecule has 0 spiro atoms. The maximum Gasteiger partial charge on any atom is 0.284 e. The molecule has 2 aromatic heterocycles. The van der Waals surface area contributed by atoms with E-state index >= 15 is 0 Å². The topological polar surface area (TPSA) is 59.8 Å². The smallest absolute Gasteiger partial charge is 0.284 e. The van der Waals surface area contributed by atoms with Crippen molar-refractivity contribution in [2.24, 2.45) is 7.05 Å². The number of benzene rings is 1. The van der Waals surface area contributed by atoms with Crippen molar-refractivity contribution < 1.29 is 13.6 Å². The predicted octanol–water partition coefficient (Wildman–Crippen LogP) is 4.51. The van der Waals surface area contributed by atoms with Gasteiger partial charge in [0.25, 0.3) is 12.3 Å². The first kappa shape index (κ1) is 18.5. The lowest BCUT2D eigenvalue weighted by Crippen LogP contribution is -2.14. The van der Waals surface area contributed by atoms with E-state index < -0.39 is 18.0 Å². The maximum absolute atomic E-state index is 13.4. The monoisotopic (exact) mass is 396 g/mol. The summed E-state index contributed by atoms with van der Waals surface area (Å²) in [5.41, 5.74) is 1.15. The third-order valence-corrected chi connectivity index (χ3v) is 4.85. The van der Waals surface area contributed by atoms with E-state index in [1.165, 1.54) is 10.9 Å². The molecule has 0 radical (unpaired) electrons. The van der Waals surface area contributed by atoms with Crippen LogP contribution in [0.15, 0.2) is 35.8 Å². The fourth-order valence-electron chi connectivity index (χ4n) is 2.57. The van der Waals surface area contributed by atoms with Crippen LogP contribution in [0.1, 0.15) is 33.2 Å². The van der Waals surface area contributed by atoms with Crippen molar-refractivity contribution in [3.8, 4) is 0 Å². The minimum absolute atomic E-state index is 0.0525. The molecule has 3 aromatic rings. The molecule has 0 aliphatic heterocycles. The van der Waals surface area contributed by atoms with Gasteiger partial charge < -0.3 is 5.32 Å². The van der Waals surface area contributed by atoms with E-state index in [-0.39, 0.29) is 10.7 Å². The van der Waals surface area contributed by atoms with Gasteiger partial charge in [0.1, 0.15) is 0 Å². The first-order valence-corrected chi connectivity index (χ1v) is 9.00. The van der Waals surface area contributed by atoms with E-state index in [4.69, 9.17) is 11.6 Å². The third-order valence-electron chi connectivity index (χ3n) is 3.83. The standard InChI is InChI=1S/C17H15ClF2N4OS/c1-24-12(7-4-10-2-5-11(18)6-3-10)13(14(23-24)15(19)20)22-16(25)17-21-8-9-26-17/h2-3,5-6,8-9,15H,4,7H2,1H3,(H,22,25). The average Bonchev–Trinajstić information content (AvgIpc) is 3.24. The molecule has 0 saturated carbocycles. The molecule has 0 aliphatic rings. The molecule has 1 N–H and O–H groups in total. The quantitative estimate of drug-likeness (QED) is 0.667. The molecular formula is C17H15ClF2N4OS. The van der Waals surface area contributed by atoms with Gasteiger partial charge in [0.05, 0.1) is 11.4 Å². The Morgan fingerprint density at radius 3 is 2.65 bits per heavy atom. The Kier molecular flexibility index (Phi) is 5.63. The molecule has 0 aliphatic carbocycles. The van der Waals surface area contributed by atoms with Gasteiger partial charge in [-0.2, -0.15) is 5.10 Å². The van der Waals surface area contributed by atoms with Crippen molar-refractivity contribution in [1.29, 1.82) is 0 Å². The summed E-state index contributed by atoms with van der Waals surface area (Å²) in [6.07, 6.45) is -0.277. The molecule has 5 nitrogen and oxygen atoms in total. The van der Waals surface area contributed by atoms with Gasteiger partial charge in [0.2, 0.25) is 0 Å². The molecule has 26 heavy (non-hydrogen) atoms. The lowest BCUT2D eigenvalue weighted by molar-refractivity contribution is 0.102. The number of alkyl halides is 2. The molecule has 1 amide bonds. The molecular weight excluding hydrogens is 382 g/mol. The SMILES string of the molecule is Cn1nc(C(F)F)c(NC(=O)c2nccs2)c1CCc1ccc(Cl)cc1. The number of carbonyl (C=O) groups is 1. The summed E-state index contributed by atoms with van der Waals surface area (Å²) in [7, 11) is 1.59. The summed E-state index contributed by atoms with van der Waals surface area (Å²) in [6, 6.07) is 7.30. The van der Waals surface area contributed by atoms with Crippen molar-refractivity contribution >= 4 is 34.5 Å². The van der Waals surface area contributed by atoms with Crippen molar-refractivity contribution in [3.63, 3.8) is 0 Å². The summed E-state index contributed by atoms with van der Waals surface area (Å²) < 4.78 is 28.1. The fourth-order valence-corrected chi connectivity index (χ4v) is 3.23. The van der Waals surface area contributed by atoms with Gasteiger partial charge in [-0.3, -0.25) is 9.48 Å². The second-order valence-corrected chi connectivity index (χ2v) is 6.88. The van der Waals surface area contributed by atoms with Crippen LogP contribution in [0.25, 0.3) is 0 Å². The molecule has 1 aromatic carbocycles. The zero-order valence-electron chi connectivity index (χ0n) is 13.7. The van der Waals surface area contributed by atoms with Gasteiger partial charge in [0, 0.05) is 23.6 Å².